The van der Waals surface area contributed by atoms with Crippen molar-refractivity contribution in [2.75, 3.05) is 31.2 Å². The number of benzene rings is 1. The summed E-state index contributed by atoms with van der Waals surface area (Å²) in [5.74, 6) is -0.542. The van der Waals surface area contributed by atoms with Crippen molar-refractivity contribution in [3.8, 4) is 17.3 Å². The average molecular weight is 323 g/mol. The van der Waals surface area contributed by atoms with Crippen molar-refractivity contribution in [2.45, 2.75) is 0 Å². The highest BCUT2D eigenvalue weighted by Gasteiger charge is 2.16. The molecule has 24 heavy (non-hydrogen) atoms. The third-order valence-electron chi connectivity index (χ3n) is 4.13. The third kappa shape index (κ3) is 2.47. The second-order valence-corrected chi connectivity index (χ2v) is 5.53. The number of halogens is 1. The second kappa shape index (κ2) is 5.91. The molecular weight excluding hydrogens is 309 g/mol. The van der Waals surface area contributed by atoms with Crippen LogP contribution in [0.4, 0.5) is 10.1 Å². The van der Waals surface area contributed by atoms with Gasteiger partial charge in [-0.25, -0.2) is 13.9 Å². The molecule has 4 rings (SSSR count). The molecule has 3 aromatic rings. The van der Waals surface area contributed by atoms with Crippen LogP contribution < -0.4 is 4.90 Å². The van der Waals surface area contributed by atoms with E-state index in [9.17, 15) is 4.39 Å². The zero-order valence-corrected chi connectivity index (χ0v) is 12.8. The van der Waals surface area contributed by atoms with Crippen LogP contribution in [-0.4, -0.2) is 40.9 Å². The molecule has 0 atom stereocenters. The van der Waals surface area contributed by atoms with Crippen LogP contribution in [0.25, 0.3) is 16.9 Å². The number of ether oxygens (including phenoxy) is 1. The van der Waals surface area contributed by atoms with Crippen molar-refractivity contribution in [3.63, 3.8) is 0 Å². The molecule has 0 amide bonds. The summed E-state index contributed by atoms with van der Waals surface area (Å²) in [5.41, 5.74) is 3.10. The number of morpholine rings is 1. The van der Waals surface area contributed by atoms with Gasteiger partial charge in [-0.15, -0.1) is 0 Å². The van der Waals surface area contributed by atoms with E-state index in [4.69, 9.17) is 10.00 Å². The van der Waals surface area contributed by atoms with E-state index >= 15 is 0 Å². The fourth-order valence-electron chi connectivity index (χ4n) is 2.88. The quantitative estimate of drug-likeness (QED) is 0.723. The minimum absolute atomic E-state index is 0.0259. The molecule has 0 radical (unpaired) electrons. The van der Waals surface area contributed by atoms with Crippen LogP contribution in [0.5, 0.6) is 0 Å². The first-order chi connectivity index (χ1) is 11.8. The largest absolute Gasteiger partial charge is 0.378 e. The van der Waals surface area contributed by atoms with Crippen LogP contribution in [0.15, 0.2) is 36.7 Å². The van der Waals surface area contributed by atoms with Gasteiger partial charge in [0.05, 0.1) is 24.5 Å². The van der Waals surface area contributed by atoms with Crippen molar-refractivity contribution >= 4 is 11.3 Å². The molecule has 7 heteroatoms. The van der Waals surface area contributed by atoms with E-state index in [2.05, 4.69) is 15.0 Å². The van der Waals surface area contributed by atoms with Gasteiger partial charge in [0.15, 0.2) is 5.65 Å². The highest BCUT2D eigenvalue weighted by atomic mass is 19.1. The maximum absolute atomic E-state index is 14.0. The van der Waals surface area contributed by atoms with E-state index in [1.54, 1.807) is 10.6 Å². The molecule has 0 spiro atoms. The Hall–Kier alpha value is -2.98. The van der Waals surface area contributed by atoms with E-state index in [-0.39, 0.29) is 5.56 Å². The molecular formula is C17H14FN5O. The van der Waals surface area contributed by atoms with Gasteiger partial charge in [-0.2, -0.15) is 10.4 Å². The van der Waals surface area contributed by atoms with Gasteiger partial charge in [-0.05, 0) is 18.2 Å². The number of nitrogens with zero attached hydrogens (tertiary/aromatic N) is 5. The van der Waals surface area contributed by atoms with Crippen molar-refractivity contribution < 1.29 is 9.13 Å². The summed E-state index contributed by atoms with van der Waals surface area (Å²) >= 11 is 0. The molecule has 0 saturated carbocycles. The van der Waals surface area contributed by atoms with E-state index in [1.807, 2.05) is 18.2 Å². The highest BCUT2D eigenvalue weighted by Crippen LogP contribution is 2.28. The Kier molecular flexibility index (Phi) is 3.59. The van der Waals surface area contributed by atoms with E-state index in [0.717, 1.165) is 24.5 Å². The molecule has 1 fully saturated rings. The van der Waals surface area contributed by atoms with Crippen molar-refractivity contribution in [2.24, 2.45) is 0 Å². The summed E-state index contributed by atoms with van der Waals surface area (Å²) in [5, 5.41) is 13.1. The second-order valence-electron chi connectivity index (χ2n) is 5.53. The van der Waals surface area contributed by atoms with Gasteiger partial charge in [0.25, 0.3) is 0 Å². The topological polar surface area (TPSA) is 66.5 Å². The number of anilines is 1. The van der Waals surface area contributed by atoms with Gasteiger partial charge >= 0.3 is 0 Å². The van der Waals surface area contributed by atoms with Crippen LogP contribution in [0.3, 0.4) is 0 Å². The lowest BCUT2D eigenvalue weighted by Gasteiger charge is -2.29. The van der Waals surface area contributed by atoms with E-state index in [0.29, 0.717) is 24.4 Å². The van der Waals surface area contributed by atoms with Gasteiger partial charge in [0.1, 0.15) is 18.2 Å². The lowest BCUT2D eigenvalue weighted by Crippen LogP contribution is -2.36. The molecule has 6 nitrogen and oxygen atoms in total. The maximum Gasteiger partial charge on any atom is 0.158 e. The number of rotatable bonds is 2. The number of fused-ring (bicyclic) bond motifs is 1. The molecule has 0 unspecified atom stereocenters. The van der Waals surface area contributed by atoms with E-state index in [1.165, 1.54) is 18.5 Å². The predicted octanol–water partition coefficient (Wildman–Crippen LogP) is 2.24. The predicted molar refractivity (Wildman–Crippen MR) is 86.1 cm³/mol. The van der Waals surface area contributed by atoms with Crippen LogP contribution in [0, 0.1) is 17.1 Å². The molecule has 0 N–H and O–H groups in total. The number of hydrogen-bond acceptors (Lipinski definition) is 5. The molecule has 2 aromatic heterocycles. The molecule has 1 aromatic carbocycles. The Balaban J connectivity index is 1.86. The average Bonchev–Trinajstić information content (AvgIpc) is 3.10. The number of nitriles is 1. The van der Waals surface area contributed by atoms with Crippen molar-refractivity contribution in [3.05, 3.63) is 48.0 Å². The van der Waals surface area contributed by atoms with Gasteiger partial charge < -0.3 is 9.64 Å². The standard InChI is InChI=1S/C17H14FN5O/c18-15-7-12(1-2-13(15)10-19)16-8-14(22-3-5-24-6-4-22)9-17-20-11-21-23(16)17/h1-2,7-9,11H,3-6H2. The molecule has 0 aliphatic carbocycles. The Labute approximate surface area is 137 Å². The summed E-state index contributed by atoms with van der Waals surface area (Å²) in [4.78, 5) is 6.47. The Morgan fingerprint density at radius 3 is 2.75 bits per heavy atom. The lowest BCUT2D eigenvalue weighted by molar-refractivity contribution is 0.122. The molecule has 120 valence electrons. The fourth-order valence-corrected chi connectivity index (χ4v) is 2.88. The monoisotopic (exact) mass is 323 g/mol. The SMILES string of the molecule is N#Cc1ccc(-c2cc(N3CCOCC3)cc3ncnn23)cc1F. The smallest absolute Gasteiger partial charge is 0.158 e. The number of aromatic nitrogens is 3. The molecule has 0 bridgehead atoms. The van der Waals surface area contributed by atoms with E-state index < -0.39 is 5.82 Å². The van der Waals surface area contributed by atoms with Crippen molar-refractivity contribution in [1.29, 1.82) is 5.26 Å². The zero-order chi connectivity index (χ0) is 16.5. The maximum atomic E-state index is 14.0. The molecule has 3 heterocycles. The minimum atomic E-state index is -0.542. The van der Waals surface area contributed by atoms with Gasteiger partial charge in [0.2, 0.25) is 0 Å². The lowest BCUT2D eigenvalue weighted by atomic mass is 10.1. The van der Waals surface area contributed by atoms with Crippen molar-refractivity contribution in [1.82, 2.24) is 14.6 Å². The first kappa shape index (κ1) is 14.6. The van der Waals surface area contributed by atoms with Crippen LogP contribution >= 0.6 is 0 Å². The van der Waals surface area contributed by atoms with Crippen LogP contribution in [0.1, 0.15) is 5.56 Å². The molecule has 1 aliphatic heterocycles. The summed E-state index contributed by atoms with van der Waals surface area (Å²) in [6.07, 6.45) is 1.47. The zero-order valence-electron chi connectivity index (χ0n) is 12.8. The van der Waals surface area contributed by atoms with Gasteiger partial charge in [-0.3, -0.25) is 0 Å². The van der Waals surface area contributed by atoms with Crippen LogP contribution in [0.2, 0.25) is 0 Å². The Bertz CT molecular complexity index is 940. The molecule has 1 saturated heterocycles. The van der Waals surface area contributed by atoms with Gasteiger partial charge in [0, 0.05) is 30.4 Å². The highest BCUT2D eigenvalue weighted by molar-refractivity contribution is 5.70. The Morgan fingerprint density at radius 1 is 1.17 bits per heavy atom. The normalized spacial score (nSPS) is 14.8. The van der Waals surface area contributed by atoms with Crippen LogP contribution in [-0.2, 0) is 4.74 Å². The third-order valence-corrected chi connectivity index (χ3v) is 4.13. The summed E-state index contributed by atoms with van der Waals surface area (Å²) in [7, 11) is 0. The Morgan fingerprint density at radius 2 is 2.00 bits per heavy atom. The minimum Gasteiger partial charge on any atom is -0.378 e. The summed E-state index contributed by atoms with van der Waals surface area (Å²) in [6, 6.07) is 10.3. The summed E-state index contributed by atoms with van der Waals surface area (Å²) < 4.78 is 21.1. The molecule has 1 aliphatic rings. The summed E-state index contributed by atoms with van der Waals surface area (Å²) in [6.45, 7) is 2.95. The first-order valence-electron chi connectivity index (χ1n) is 7.63. The fraction of sp³-hybridized carbons (Fsp3) is 0.235. The first-order valence-corrected chi connectivity index (χ1v) is 7.63. The number of hydrogen-bond donors (Lipinski definition) is 0. The van der Waals surface area contributed by atoms with Gasteiger partial charge in [-0.1, -0.05) is 6.07 Å². The number of pyridine rings is 1.